The van der Waals surface area contributed by atoms with E-state index >= 15 is 0 Å². The lowest BCUT2D eigenvalue weighted by Crippen LogP contribution is -2.42. The first-order valence-electron chi connectivity index (χ1n) is 7.11. The first kappa shape index (κ1) is 17.9. The number of nitrogens with zero attached hydrogens (tertiary/aromatic N) is 1. The van der Waals surface area contributed by atoms with E-state index in [1.54, 1.807) is 12.1 Å². The lowest BCUT2D eigenvalue weighted by atomic mass is 10.2. The number of benzene rings is 1. The van der Waals surface area contributed by atoms with Gasteiger partial charge in [-0.25, -0.2) is 4.79 Å². The van der Waals surface area contributed by atoms with Gasteiger partial charge in [0, 0.05) is 31.3 Å². The van der Waals surface area contributed by atoms with Crippen molar-refractivity contribution in [1.29, 1.82) is 0 Å². The molecule has 0 radical (unpaired) electrons. The molecule has 0 aliphatic carbocycles. The predicted molar refractivity (Wildman–Crippen MR) is 83.6 cm³/mol. The first-order chi connectivity index (χ1) is 10.2. The number of rotatable bonds is 6. The van der Waals surface area contributed by atoms with Crippen molar-refractivity contribution in [2.24, 2.45) is 0 Å². The average molecular weight is 309 g/mol. The van der Waals surface area contributed by atoms with Crippen molar-refractivity contribution in [3.63, 3.8) is 0 Å². The van der Waals surface area contributed by atoms with E-state index in [-0.39, 0.29) is 11.7 Å². The molecule has 7 nitrogen and oxygen atoms in total. The van der Waals surface area contributed by atoms with Gasteiger partial charge in [-0.15, -0.1) is 0 Å². The highest BCUT2D eigenvalue weighted by Crippen LogP contribution is 2.11. The van der Waals surface area contributed by atoms with Crippen LogP contribution in [-0.4, -0.2) is 29.2 Å². The minimum Gasteiger partial charge on any atom is -0.444 e. The van der Waals surface area contributed by atoms with E-state index in [4.69, 9.17) is 4.74 Å². The number of hydrogen-bond acceptors (Lipinski definition) is 5. The topological polar surface area (TPSA) is 93.5 Å². The second kappa shape index (κ2) is 7.74. The number of nitro benzene ring substituents is 1. The highest BCUT2D eigenvalue weighted by Gasteiger charge is 2.17. The van der Waals surface area contributed by atoms with Gasteiger partial charge in [-0.2, -0.15) is 0 Å². The van der Waals surface area contributed by atoms with Crippen LogP contribution in [0.2, 0.25) is 0 Å². The zero-order valence-electron chi connectivity index (χ0n) is 13.4. The van der Waals surface area contributed by atoms with Gasteiger partial charge in [0.1, 0.15) is 5.60 Å². The molecule has 0 fully saturated rings. The molecule has 1 rings (SSSR count). The van der Waals surface area contributed by atoms with Crippen LogP contribution < -0.4 is 10.6 Å². The Hall–Kier alpha value is -2.15. The Balaban J connectivity index is 2.31. The fraction of sp³-hybridized carbons (Fsp3) is 0.533. The number of carbonyl (C=O) groups is 1. The molecule has 0 heterocycles. The Labute approximate surface area is 130 Å². The molecule has 1 aromatic rings. The highest BCUT2D eigenvalue weighted by atomic mass is 16.6. The summed E-state index contributed by atoms with van der Waals surface area (Å²) in [5, 5.41) is 16.5. The van der Waals surface area contributed by atoms with Crippen molar-refractivity contribution in [3.8, 4) is 0 Å². The van der Waals surface area contributed by atoms with Crippen LogP contribution in [0.25, 0.3) is 0 Å². The molecular weight excluding hydrogens is 286 g/mol. The molecule has 22 heavy (non-hydrogen) atoms. The highest BCUT2D eigenvalue weighted by molar-refractivity contribution is 5.68. The van der Waals surface area contributed by atoms with Crippen LogP contribution in [0.5, 0.6) is 0 Å². The molecular formula is C15H23N3O4. The Morgan fingerprint density at radius 3 is 2.41 bits per heavy atom. The summed E-state index contributed by atoms with van der Waals surface area (Å²) in [6, 6.07) is 6.26. The lowest BCUT2D eigenvalue weighted by Gasteiger charge is -2.22. The summed E-state index contributed by atoms with van der Waals surface area (Å²) in [5.74, 6) is 0. The fourth-order valence-electron chi connectivity index (χ4n) is 1.73. The van der Waals surface area contributed by atoms with Crippen LogP contribution in [0, 0.1) is 10.1 Å². The number of ether oxygens (including phenoxy) is 1. The Bertz CT molecular complexity index is 509. The summed E-state index contributed by atoms with van der Waals surface area (Å²) in [6.45, 7) is 8.43. The number of hydrogen-bond donors (Lipinski definition) is 2. The van der Waals surface area contributed by atoms with E-state index in [1.165, 1.54) is 12.1 Å². The number of amides is 1. The van der Waals surface area contributed by atoms with Gasteiger partial charge in [0.25, 0.3) is 5.69 Å². The standard InChI is InChI=1S/C15H23N3O4/c1-11(17-14(19)22-15(2,3)4)9-16-10-12-5-7-13(8-6-12)18(20)21/h5-8,11,16H,9-10H2,1-4H3,(H,17,19). The van der Waals surface area contributed by atoms with Gasteiger partial charge in [0.15, 0.2) is 0 Å². The number of alkyl carbamates (subject to hydrolysis) is 1. The minimum absolute atomic E-state index is 0.0729. The van der Waals surface area contributed by atoms with Crippen LogP contribution in [0.15, 0.2) is 24.3 Å². The Morgan fingerprint density at radius 1 is 1.32 bits per heavy atom. The molecule has 0 spiro atoms. The zero-order valence-corrected chi connectivity index (χ0v) is 13.4. The molecule has 7 heteroatoms. The molecule has 0 aliphatic heterocycles. The third-order valence-electron chi connectivity index (χ3n) is 2.69. The van der Waals surface area contributed by atoms with Crippen molar-refractivity contribution < 1.29 is 14.5 Å². The molecule has 0 saturated heterocycles. The zero-order chi connectivity index (χ0) is 16.8. The summed E-state index contributed by atoms with van der Waals surface area (Å²) >= 11 is 0. The van der Waals surface area contributed by atoms with Gasteiger partial charge in [-0.1, -0.05) is 12.1 Å². The number of nitro groups is 1. The van der Waals surface area contributed by atoms with Gasteiger partial charge < -0.3 is 15.4 Å². The summed E-state index contributed by atoms with van der Waals surface area (Å²) in [5.41, 5.74) is 0.495. The summed E-state index contributed by atoms with van der Waals surface area (Å²) in [4.78, 5) is 21.7. The number of carbonyl (C=O) groups excluding carboxylic acids is 1. The van der Waals surface area contributed by atoms with Crippen LogP contribution in [0.4, 0.5) is 10.5 Å². The molecule has 1 atom stereocenters. The molecule has 0 saturated carbocycles. The van der Waals surface area contributed by atoms with Crippen molar-refractivity contribution in [1.82, 2.24) is 10.6 Å². The summed E-state index contributed by atoms with van der Waals surface area (Å²) in [6.07, 6.45) is -0.447. The maximum Gasteiger partial charge on any atom is 0.407 e. The lowest BCUT2D eigenvalue weighted by molar-refractivity contribution is -0.384. The molecule has 1 unspecified atom stereocenters. The maximum atomic E-state index is 11.6. The second-order valence-electron chi connectivity index (χ2n) is 6.10. The molecule has 1 amide bonds. The minimum atomic E-state index is -0.518. The average Bonchev–Trinajstić information content (AvgIpc) is 2.36. The van der Waals surface area contributed by atoms with Crippen molar-refractivity contribution in [2.45, 2.75) is 45.9 Å². The number of nitrogens with one attached hydrogen (secondary N) is 2. The monoisotopic (exact) mass is 309 g/mol. The van der Waals surface area contributed by atoms with Gasteiger partial charge in [0.05, 0.1) is 4.92 Å². The van der Waals surface area contributed by atoms with Crippen molar-refractivity contribution in [2.75, 3.05) is 6.54 Å². The third-order valence-corrected chi connectivity index (χ3v) is 2.69. The fourth-order valence-corrected chi connectivity index (χ4v) is 1.73. The van der Waals surface area contributed by atoms with Gasteiger partial charge >= 0.3 is 6.09 Å². The van der Waals surface area contributed by atoms with Crippen LogP contribution >= 0.6 is 0 Å². The van der Waals surface area contributed by atoms with Crippen LogP contribution in [0.3, 0.4) is 0 Å². The van der Waals surface area contributed by atoms with E-state index in [0.29, 0.717) is 13.1 Å². The summed E-state index contributed by atoms with van der Waals surface area (Å²) < 4.78 is 5.17. The number of non-ortho nitro benzene ring substituents is 1. The van der Waals surface area contributed by atoms with E-state index in [1.807, 2.05) is 27.7 Å². The Kier molecular flexibility index (Phi) is 6.30. The molecule has 2 N–H and O–H groups in total. The van der Waals surface area contributed by atoms with Crippen LogP contribution in [0.1, 0.15) is 33.3 Å². The Morgan fingerprint density at radius 2 is 1.91 bits per heavy atom. The van der Waals surface area contributed by atoms with Gasteiger partial charge in [-0.05, 0) is 33.3 Å². The SMILES string of the molecule is CC(CNCc1ccc([N+](=O)[O-])cc1)NC(=O)OC(C)(C)C. The normalized spacial score (nSPS) is 12.5. The van der Waals surface area contributed by atoms with Crippen molar-refractivity contribution in [3.05, 3.63) is 39.9 Å². The molecule has 122 valence electrons. The summed E-state index contributed by atoms with van der Waals surface area (Å²) in [7, 11) is 0. The molecule has 0 bridgehead atoms. The third kappa shape index (κ3) is 7.03. The van der Waals surface area contributed by atoms with E-state index in [2.05, 4.69) is 10.6 Å². The maximum absolute atomic E-state index is 11.6. The smallest absolute Gasteiger partial charge is 0.407 e. The first-order valence-corrected chi connectivity index (χ1v) is 7.11. The second-order valence-corrected chi connectivity index (χ2v) is 6.10. The molecule has 1 aromatic carbocycles. The quantitative estimate of drug-likeness (QED) is 0.622. The predicted octanol–water partition coefficient (Wildman–Crippen LogP) is 2.60. The van der Waals surface area contributed by atoms with E-state index < -0.39 is 16.6 Å². The molecule has 0 aromatic heterocycles. The van der Waals surface area contributed by atoms with Crippen molar-refractivity contribution >= 4 is 11.8 Å². The van der Waals surface area contributed by atoms with Gasteiger partial charge in [-0.3, -0.25) is 10.1 Å². The largest absolute Gasteiger partial charge is 0.444 e. The van der Waals surface area contributed by atoms with Crippen LogP contribution in [-0.2, 0) is 11.3 Å². The van der Waals surface area contributed by atoms with E-state index in [9.17, 15) is 14.9 Å². The van der Waals surface area contributed by atoms with E-state index in [0.717, 1.165) is 5.56 Å². The van der Waals surface area contributed by atoms with Gasteiger partial charge in [0.2, 0.25) is 0 Å². The molecule has 0 aliphatic rings.